The lowest BCUT2D eigenvalue weighted by molar-refractivity contribution is -0.0135. The van der Waals surface area contributed by atoms with E-state index in [1.54, 1.807) is 22.4 Å². The molecule has 0 unspecified atom stereocenters. The van der Waals surface area contributed by atoms with E-state index in [9.17, 15) is 4.79 Å². The lowest BCUT2D eigenvalue weighted by Gasteiger charge is -2.33. The van der Waals surface area contributed by atoms with Gasteiger partial charge in [0.15, 0.2) is 0 Å². The van der Waals surface area contributed by atoms with Gasteiger partial charge in [-0.3, -0.25) is 0 Å². The number of morpholine rings is 1. The zero-order valence-corrected chi connectivity index (χ0v) is 16.9. The van der Waals surface area contributed by atoms with E-state index in [0.29, 0.717) is 19.7 Å². The Labute approximate surface area is 170 Å². The molecule has 5 nitrogen and oxygen atoms in total. The fourth-order valence-corrected chi connectivity index (χ4v) is 3.89. The number of carbonyl (C=O) groups excluding carboxylic acids is 1. The van der Waals surface area contributed by atoms with Gasteiger partial charge in [-0.15, -0.1) is 11.3 Å². The second kappa shape index (κ2) is 8.21. The highest BCUT2D eigenvalue weighted by Crippen LogP contribution is 2.25. The number of nitrogens with one attached hydrogen (secondary N) is 1. The molecular formula is C20H18BrN3O2S. The second-order valence-corrected chi connectivity index (χ2v) is 8.01. The Bertz CT molecular complexity index is 898. The number of hydrogen-bond donors (Lipinski definition) is 1. The van der Waals surface area contributed by atoms with Crippen LogP contribution in [0.5, 0.6) is 0 Å². The molecule has 2 amide bonds. The van der Waals surface area contributed by atoms with Gasteiger partial charge in [0.05, 0.1) is 13.2 Å². The fraction of sp³-hybridized carbons (Fsp3) is 0.200. The standard InChI is InChI=1S/C20H18BrN3O2S/c21-16-5-1-14(2-6-16)18-13-24(10-11-26-18)20(25)23-17-7-3-15(4-8-17)19-22-9-12-27-19/h1-9,12,18H,10-11,13H2,(H,23,25)/t18-/m0/s1. The van der Waals surface area contributed by atoms with Crippen LogP contribution < -0.4 is 5.32 Å². The summed E-state index contributed by atoms with van der Waals surface area (Å²) in [5.74, 6) is 0. The van der Waals surface area contributed by atoms with Crippen LogP contribution in [0.3, 0.4) is 0 Å². The SMILES string of the molecule is O=C(Nc1ccc(-c2nccs2)cc1)N1CCO[C@H](c2ccc(Br)cc2)C1. The number of nitrogens with zero attached hydrogens (tertiary/aromatic N) is 2. The van der Waals surface area contributed by atoms with Crippen molar-refractivity contribution in [3.8, 4) is 10.6 Å². The monoisotopic (exact) mass is 443 g/mol. The molecule has 7 heteroatoms. The zero-order chi connectivity index (χ0) is 18.6. The van der Waals surface area contributed by atoms with Gasteiger partial charge in [-0.05, 0) is 42.0 Å². The first-order valence-electron chi connectivity index (χ1n) is 8.62. The third-order valence-electron chi connectivity index (χ3n) is 4.41. The molecule has 1 aliphatic heterocycles. The van der Waals surface area contributed by atoms with Crippen LogP contribution in [0.1, 0.15) is 11.7 Å². The normalized spacial score (nSPS) is 16.9. The van der Waals surface area contributed by atoms with Crippen LogP contribution in [0, 0.1) is 0 Å². The molecule has 0 saturated carbocycles. The van der Waals surface area contributed by atoms with E-state index in [1.807, 2.05) is 53.9 Å². The highest BCUT2D eigenvalue weighted by Gasteiger charge is 2.25. The lowest BCUT2D eigenvalue weighted by Crippen LogP contribution is -2.44. The van der Waals surface area contributed by atoms with Crippen molar-refractivity contribution < 1.29 is 9.53 Å². The highest BCUT2D eigenvalue weighted by molar-refractivity contribution is 9.10. The summed E-state index contributed by atoms with van der Waals surface area (Å²) in [6, 6.07) is 15.7. The molecule has 0 spiro atoms. The molecule has 1 atom stereocenters. The predicted octanol–water partition coefficient (Wildman–Crippen LogP) is 5.18. The number of rotatable bonds is 3. The molecule has 1 N–H and O–H groups in total. The van der Waals surface area contributed by atoms with Gasteiger partial charge in [0.1, 0.15) is 11.1 Å². The van der Waals surface area contributed by atoms with Crippen LogP contribution in [-0.2, 0) is 4.74 Å². The summed E-state index contributed by atoms with van der Waals surface area (Å²) in [6.07, 6.45) is 1.68. The minimum Gasteiger partial charge on any atom is -0.370 e. The van der Waals surface area contributed by atoms with Gasteiger partial charge >= 0.3 is 6.03 Å². The Morgan fingerprint density at radius 3 is 2.67 bits per heavy atom. The van der Waals surface area contributed by atoms with Crippen LogP contribution in [0.15, 0.2) is 64.6 Å². The van der Waals surface area contributed by atoms with Gasteiger partial charge in [-0.2, -0.15) is 0 Å². The molecule has 2 heterocycles. The van der Waals surface area contributed by atoms with E-state index in [-0.39, 0.29) is 12.1 Å². The van der Waals surface area contributed by atoms with E-state index >= 15 is 0 Å². The summed E-state index contributed by atoms with van der Waals surface area (Å²) in [4.78, 5) is 18.7. The summed E-state index contributed by atoms with van der Waals surface area (Å²) in [6.45, 7) is 1.64. The van der Waals surface area contributed by atoms with Gasteiger partial charge in [0.2, 0.25) is 0 Å². The number of ether oxygens (including phenoxy) is 1. The van der Waals surface area contributed by atoms with Crippen LogP contribution in [0.4, 0.5) is 10.5 Å². The summed E-state index contributed by atoms with van der Waals surface area (Å²) < 4.78 is 6.87. The second-order valence-electron chi connectivity index (χ2n) is 6.20. The largest absolute Gasteiger partial charge is 0.370 e. The predicted molar refractivity (Wildman–Crippen MR) is 111 cm³/mol. The topological polar surface area (TPSA) is 54.5 Å². The number of urea groups is 1. The molecule has 0 bridgehead atoms. The molecule has 3 aromatic rings. The van der Waals surface area contributed by atoms with Gasteiger partial charge in [0, 0.05) is 33.8 Å². The van der Waals surface area contributed by atoms with Crippen molar-refractivity contribution in [2.24, 2.45) is 0 Å². The Balaban J connectivity index is 1.39. The Kier molecular flexibility index (Phi) is 5.52. The minimum absolute atomic E-state index is 0.107. The first kappa shape index (κ1) is 18.2. The summed E-state index contributed by atoms with van der Waals surface area (Å²) in [5.41, 5.74) is 2.89. The Morgan fingerprint density at radius 1 is 1.19 bits per heavy atom. The van der Waals surface area contributed by atoms with Crippen molar-refractivity contribution in [3.05, 3.63) is 70.1 Å². The van der Waals surface area contributed by atoms with Crippen LogP contribution in [0.2, 0.25) is 0 Å². The zero-order valence-electron chi connectivity index (χ0n) is 14.5. The first-order chi connectivity index (χ1) is 13.2. The van der Waals surface area contributed by atoms with Gasteiger partial charge in [0.25, 0.3) is 0 Å². The number of aromatic nitrogens is 1. The summed E-state index contributed by atoms with van der Waals surface area (Å²) >= 11 is 5.03. The highest BCUT2D eigenvalue weighted by atomic mass is 79.9. The van der Waals surface area contributed by atoms with Crippen LogP contribution >= 0.6 is 27.3 Å². The molecule has 1 aliphatic rings. The van der Waals surface area contributed by atoms with Crippen molar-refractivity contribution in [2.75, 3.05) is 25.0 Å². The van der Waals surface area contributed by atoms with E-state index in [0.717, 1.165) is 26.3 Å². The third-order valence-corrected chi connectivity index (χ3v) is 5.76. The summed E-state index contributed by atoms with van der Waals surface area (Å²) in [7, 11) is 0. The number of halogens is 1. The number of benzene rings is 2. The van der Waals surface area contributed by atoms with E-state index in [2.05, 4.69) is 26.2 Å². The van der Waals surface area contributed by atoms with Gasteiger partial charge < -0.3 is 15.0 Å². The van der Waals surface area contributed by atoms with Gasteiger partial charge in [-0.1, -0.05) is 28.1 Å². The average Bonchev–Trinajstić information content (AvgIpc) is 3.24. The minimum atomic E-state index is -0.109. The van der Waals surface area contributed by atoms with Gasteiger partial charge in [-0.25, -0.2) is 9.78 Å². The Hall–Kier alpha value is -2.22. The van der Waals surface area contributed by atoms with Crippen LogP contribution in [0.25, 0.3) is 10.6 Å². The van der Waals surface area contributed by atoms with Crippen molar-refractivity contribution in [2.45, 2.75) is 6.10 Å². The number of carbonyl (C=O) groups is 1. The Morgan fingerprint density at radius 2 is 1.96 bits per heavy atom. The molecule has 138 valence electrons. The molecule has 27 heavy (non-hydrogen) atoms. The van der Waals surface area contributed by atoms with E-state index in [1.165, 1.54) is 0 Å². The van der Waals surface area contributed by atoms with Crippen LogP contribution in [-0.4, -0.2) is 35.6 Å². The number of hydrogen-bond acceptors (Lipinski definition) is 4. The molecule has 4 rings (SSSR count). The molecule has 1 fully saturated rings. The molecule has 2 aromatic carbocycles. The quantitative estimate of drug-likeness (QED) is 0.606. The fourth-order valence-electron chi connectivity index (χ4n) is 2.98. The molecule has 1 saturated heterocycles. The van der Waals surface area contributed by atoms with Crippen molar-refractivity contribution in [1.29, 1.82) is 0 Å². The number of amides is 2. The average molecular weight is 444 g/mol. The molecule has 0 radical (unpaired) electrons. The maximum Gasteiger partial charge on any atom is 0.322 e. The van der Waals surface area contributed by atoms with Crippen molar-refractivity contribution in [1.82, 2.24) is 9.88 Å². The molecule has 1 aromatic heterocycles. The summed E-state index contributed by atoms with van der Waals surface area (Å²) in [5, 5.41) is 5.89. The third kappa shape index (κ3) is 4.37. The smallest absolute Gasteiger partial charge is 0.322 e. The number of anilines is 1. The van der Waals surface area contributed by atoms with E-state index < -0.39 is 0 Å². The maximum atomic E-state index is 12.7. The van der Waals surface area contributed by atoms with E-state index in [4.69, 9.17) is 4.74 Å². The first-order valence-corrected chi connectivity index (χ1v) is 10.3. The van der Waals surface area contributed by atoms with Crippen molar-refractivity contribution in [3.63, 3.8) is 0 Å². The molecular weight excluding hydrogens is 426 g/mol. The van der Waals surface area contributed by atoms with Crippen molar-refractivity contribution >= 4 is 39.0 Å². The number of thiazole rings is 1. The maximum absolute atomic E-state index is 12.7. The molecule has 0 aliphatic carbocycles. The lowest BCUT2D eigenvalue weighted by atomic mass is 10.1.